The van der Waals surface area contributed by atoms with E-state index in [1.165, 1.54) is 0 Å². The van der Waals surface area contributed by atoms with E-state index in [0.29, 0.717) is 13.0 Å². The van der Waals surface area contributed by atoms with Gasteiger partial charge in [0, 0.05) is 6.42 Å². The van der Waals surface area contributed by atoms with Crippen LogP contribution in [0.3, 0.4) is 0 Å². The van der Waals surface area contributed by atoms with E-state index in [4.69, 9.17) is 18.9 Å². The largest absolute Gasteiger partial charge is 0.365 e. The second kappa shape index (κ2) is 3.22. The molecule has 17 heavy (non-hydrogen) atoms. The predicted molar refractivity (Wildman–Crippen MR) is 58.0 cm³/mol. The molecule has 0 aromatic carbocycles. The molecule has 0 aromatic rings. The fraction of sp³-hybridized carbons (Fsp3) is 1.00. The average Bonchev–Trinajstić information content (AvgIpc) is 2.41. The van der Waals surface area contributed by atoms with E-state index in [0.717, 1.165) is 0 Å². The molecule has 98 valence electrons. The van der Waals surface area contributed by atoms with E-state index in [2.05, 4.69) is 0 Å². The Morgan fingerprint density at radius 1 is 1.00 bits per heavy atom. The summed E-state index contributed by atoms with van der Waals surface area (Å²) in [5, 5.41) is 10.4. The molecule has 3 fully saturated rings. The molecular weight excluding hydrogens is 224 g/mol. The molecule has 3 rings (SSSR count). The molecule has 1 saturated carbocycles. The van der Waals surface area contributed by atoms with Gasteiger partial charge in [-0.05, 0) is 27.7 Å². The lowest BCUT2D eigenvalue weighted by molar-refractivity contribution is -0.483. The molecule has 3 aliphatic rings. The summed E-state index contributed by atoms with van der Waals surface area (Å²) in [5.41, 5.74) is 0. The summed E-state index contributed by atoms with van der Waals surface area (Å²) in [6, 6.07) is 0. The smallest absolute Gasteiger partial charge is 0.179 e. The van der Waals surface area contributed by atoms with Crippen molar-refractivity contribution in [2.45, 2.75) is 63.7 Å². The van der Waals surface area contributed by atoms with Gasteiger partial charge < -0.3 is 24.1 Å². The summed E-state index contributed by atoms with van der Waals surface area (Å²) >= 11 is 0. The van der Waals surface area contributed by atoms with Crippen molar-refractivity contribution in [2.24, 2.45) is 5.92 Å². The van der Waals surface area contributed by atoms with Crippen molar-refractivity contribution in [3.05, 3.63) is 0 Å². The van der Waals surface area contributed by atoms with Crippen LogP contribution in [0.5, 0.6) is 0 Å². The van der Waals surface area contributed by atoms with Crippen molar-refractivity contribution in [1.29, 1.82) is 0 Å². The highest BCUT2D eigenvalue weighted by atomic mass is 16.8. The van der Waals surface area contributed by atoms with Gasteiger partial charge >= 0.3 is 0 Å². The quantitative estimate of drug-likeness (QED) is 0.745. The normalized spacial score (nSPS) is 51.0. The van der Waals surface area contributed by atoms with E-state index in [-0.39, 0.29) is 18.1 Å². The lowest BCUT2D eigenvalue weighted by Crippen LogP contribution is -2.72. The van der Waals surface area contributed by atoms with Gasteiger partial charge in [0.25, 0.3) is 0 Å². The van der Waals surface area contributed by atoms with E-state index in [1.54, 1.807) is 0 Å². The Morgan fingerprint density at radius 3 is 2.18 bits per heavy atom. The van der Waals surface area contributed by atoms with E-state index in [1.807, 2.05) is 27.7 Å². The first kappa shape index (κ1) is 11.9. The molecule has 1 N–H and O–H groups in total. The standard InChI is InChI=1S/C12H20O5/c1-10(2)14-6-8(16-10)9-7-5-12(9,13)17-11(3,4)15-7/h7-9,13H,5-6H2,1-4H3/t7-,8+,9-,12-/m1/s1. The summed E-state index contributed by atoms with van der Waals surface area (Å²) in [6.45, 7) is 7.85. The molecule has 2 aliphatic heterocycles. The molecule has 0 spiro atoms. The summed E-state index contributed by atoms with van der Waals surface area (Å²) in [5.74, 6) is -2.58. The van der Waals surface area contributed by atoms with Crippen LogP contribution >= 0.6 is 0 Å². The Balaban J connectivity index is 1.75. The number of aliphatic hydroxyl groups is 1. The maximum absolute atomic E-state index is 10.4. The SMILES string of the molecule is CC1(C)OC[C@@H]([C@H]2[C@H]3C[C@@]2(O)OC(C)(C)O3)O1. The van der Waals surface area contributed by atoms with Crippen molar-refractivity contribution >= 4 is 0 Å². The molecular formula is C12H20O5. The molecule has 5 nitrogen and oxygen atoms in total. The molecule has 0 amide bonds. The van der Waals surface area contributed by atoms with Gasteiger partial charge in [0.05, 0.1) is 24.7 Å². The van der Waals surface area contributed by atoms with Crippen LogP contribution in [0.25, 0.3) is 0 Å². The first-order chi connectivity index (χ1) is 7.71. The molecule has 2 bridgehead atoms. The molecule has 0 aromatic heterocycles. The van der Waals surface area contributed by atoms with Gasteiger partial charge in [-0.25, -0.2) is 0 Å². The maximum atomic E-state index is 10.4. The molecule has 5 heteroatoms. The van der Waals surface area contributed by atoms with Crippen molar-refractivity contribution in [2.75, 3.05) is 6.61 Å². The zero-order valence-electron chi connectivity index (χ0n) is 10.7. The third kappa shape index (κ3) is 1.81. The minimum Gasteiger partial charge on any atom is -0.365 e. The number of hydrogen-bond donors (Lipinski definition) is 1. The van der Waals surface area contributed by atoms with Gasteiger partial charge in [0.2, 0.25) is 0 Å². The molecule has 4 atom stereocenters. The topological polar surface area (TPSA) is 57.2 Å². The van der Waals surface area contributed by atoms with Crippen molar-refractivity contribution in [3.8, 4) is 0 Å². The van der Waals surface area contributed by atoms with Crippen LogP contribution in [0.15, 0.2) is 0 Å². The molecule has 0 unspecified atom stereocenters. The highest BCUT2D eigenvalue weighted by Gasteiger charge is 2.66. The van der Waals surface area contributed by atoms with Gasteiger partial charge in [-0.1, -0.05) is 0 Å². The van der Waals surface area contributed by atoms with Crippen molar-refractivity contribution < 1.29 is 24.1 Å². The van der Waals surface area contributed by atoms with Gasteiger partial charge in [-0.15, -0.1) is 0 Å². The Labute approximate surface area is 101 Å². The zero-order chi connectivity index (χ0) is 12.5. The van der Waals surface area contributed by atoms with E-state index in [9.17, 15) is 5.11 Å². The Morgan fingerprint density at radius 2 is 1.65 bits per heavy atom. The van der Waals surface area contributed by atoms with Gasteiger partial charge in [-0.2, -0.15) is 0 Å². The van der Waals surface area contributed by atoms with Crippen LogP contribution in [0.2, 0.25) is 0 Å². The molecule has 0 radical (unpaired) electrons. The number of rotatable bonds is 1. The number of hydrogen-bond acceptors (Lipinski definition) is 5. The Kier molecular flexibility index (Phi) is 2.25. The van der Waals surface area contributed by atoms with Crippen LogP contribution in [0, 0.1) is 5.92 Å². The summed E-state index contributed by atoms with van der Waals surface area (Å²) in [4.78, 5) is 0. The Hall–Kier alpha value is -0.200. The van der Waals surface area contributed by atoms with Crippen LogP contribution in [0.4, 0.5) is 0 Å². The summed E-state index contributed by atoms with van der Waals surface area (Å²) in [6.07, 6.45) is 0.345. The highest BCUT2D eigenvalue weighted by molar-refractivity contribution is 5.06. The fourth-order valence-corrected chi connectivity index (χ4v) is 3.14. The lowest BCUT2D eigenvalue weighted by atomic mass is 9.70. The second-order valence-corrected chi connectivity index (χ2v) is 6.10. The first-order valence-electron chi connectivity index (χ1n) is 6.13. The number of ether oxygens (including phenoxy) is 4. The molecule has 1 aliphatic carbocycles. The van der Waals surface area contributed by atoms with E-state index >= 15 is 0 Å². The lowest BCUT2D eigenvalue weighted by Gasteiger charge is -2.60. The van der Waals surface area contributed by atoms with Crippen molar-refractivity contribution in [3.63, 3.8) is 0 Å². The summed E-state index contributed by atoms with van der Waals surface area (Å²) in [7, 11) is 0. The predicted octanol–water partition coefficient (Wildman–Crippen LogP) is 0.998. The third-order valence-corrected chi connectivity index (χ3v) is 3.70. The third-order valence-electron chi connectivity index (χ3n) is 3.70. The highest BCUT2D eigenvalue weighted by Crippen LogP contribution is 2.53. The van der Waals surface area contributed by atoms with Crippen LogP contribution in [0.1, 0.15) is 34.1 Å². The minimum absolute atomic E-state index is 0.00810. The van der Waals surface area contributed by atoms with Crippen LogP contribution in [-0.4, -0.2) is 41.3 Å². The van der Waals surface area contributed by atoms with Gasteiger partial charge in [0.1, 0.15) is 0 Å². The summed E-state index contributed by atoms with van der Waals surface area (Å²) < 4.78 is 22.7. The average molecular weight is 244 g/mol. The van der Waals surface area contributed by atoms with Gasteiger partial charge in [-0.3, -0.25) is 0 Å². The van der Waals surface area contributed by atoms with Crippen LogP contribution < -0.4 is 0 Å². The molecule has 2 heterocycles. The maximum Gasteiger partial charge on any atom is 0.179 e. The van der Waals surface area contributed by atoms with E-state index < -0.39 is 17.4 Å². The first-order valence-corrected chi connectivity index (χ1v) is 6.13. The monoisotopic (exact) mass is 244 g/mol. The fourth-order valence-electron chi connectivity index (χ4n) is 3.14. The Bertz CT molecular complexity index is 340. The number of fused-ring (bicyclic) bond motifs is 2. The van der Waals surface area contributed by atoms with Gasteiger partial charge in [0.15, 0.2) is 17.4 Å². The second-order valence-electron chi connectivity index (χ2n) is 6.10. The van der Waals surface area contributed by atoms with Crippen molar-refractivity contribution in [1.82, 2.24) is 0 Å². The molecule has 2 saturated heterocycles. The minimum atomic E-state index is -1.12. The van der Waals surface area contributed by atoms with Crippen LogP contribution in [-0.2, 0) is 18.9 Å². The zero-order valence-corrected chi connectivity index (χ0v) is 10.7.